The molecule has 2 atom stereocenters. The van der Waals surface area contributed by atoms with E-state index < -0.39 is 0 Å². The van der Waals surface area contributed by atoms with E-state index in [1.807, 2.05) is 30.6 Å². The van der Waals surface area contributed by atoms with E-state index in [0.717, 1.165) is 35.7 Å². The van der Waals surface area contributed by atoms with Gasteiger partial charge in [0.15, 0.2) is 0 Å². The molecular weight excluding hydrogens is 324 g/mol. The van der Waals surface area contributed by atoms with Crippen LogP contribution in [0.3, 0.4) is 0 Å². The van der Waals surface area contributed by atoms with Crippen LogP contribution in [0, 0.1) is 0 Å². The van der Waals surface area contributed by atoms with Gasteiger partial charge in [-0.05, 0) is 42.8 Å². The Morgan fingerprint density at radius 3 is 2.54 bits per heavy atom. The van der Waals surface area contributed by atoms with Gasteiger partial charge in [0, 0.05) is 55.0 Å². The first-order valence-electron chi connectivity index (χ1n) is 9.02. The molecule has 1 saturated heterocycles. The molecule has 2 N–H and O–H groups in total. The summed E-state index contributed by atoms with van der Waals surface area (Å²) >= 11 is 0. The average Bonchev–Trinajstić information content (AvgIpc) is 3.37. The third kappa shape index (κ3) is 3.23. The Morgan fingerprint density at radius 2 is 1.85 bits per heavy atom. The molecule has 134 valence electrons. The molecule has 3 aromatic rings. The Balaban J connectivity index is 1.56. The molecule has 4 rings (SSSR count). The number of para-hydroxylation sites is 1. The van der Waals surface area contributed by atoms with Crippen molar-refractivity contribution in [2.24, 2.45) is 0 Å². The van der Waals surface area contributed by atoms with Crippen LogP contribution in [-0.2, 0) is 0 Å². The van der Waals surface area contributed by atoms with Crippen LogP contribution in [0.2, 0.25) is 0 Å². The number of benzene rings is 2. The van der Waals surface area contributed by atoms with Gasteiger partial charge in [-0.1, -0.05) is 18.2 Å². The van der Waals surface area contributed by atoms with Gasteiger partial charge in [-0.25, -0.2) is 4.98 Å². The predicted octanol–water partition coefficient (Wildman–Crippen LogP) is 3.21. The molecule has 0 spiro atoms. The Hall–Kier alpha value is -2.63. The van der Waals surface area contributed by atoms with Crippen molar-refractivity contribution in [3.63, 3.8) is 0 Å². The highest BCUT2D eigenvalue weighted by atomic mass is 16.3. The van der Waals surface area contributed by atoms with Crippen molar-refractivity contribution in [3.05, 3.63) is 67.0 Å². The van der Waals surface area contributed by atoms with E-state index in [2.05, 4.69) is 63.2 Å². The molecule has 1 aliphatic rings. The highest BCUT2D eigenvalue weighted by molar-refractivity contribution is 5.66. The number of nitrogens with one attached hydrogen (secondary N) is 1. The van der Waals surface area contributed by atoms with E-state index in [4.69, 9.17) is 0 Å². The van der Waals surface area contributed by atoms with Gasteiger partial charge in [-0.2, -0.15) is 0 Å². The summed E-state index contributed by atoms with van der Waals surface area (Å²) < 4.78 is 2.22. The summed E-state index contributed by atoms with van der Waals surface area (Å²) in [5, 5.41) is 12.7. The minimum Gasteiger partial charge on any atom is -0.395 e. The molecule has 1 aliphatic heterocycles. The van der Waals surface area contributed by atoms with E-state index in [1.54, 1.807) is 0 Å². The number of aliphatic hydroxyl groups is 1. The van der Waals surface area contributed by atoms with Gasteiger partial charge in [0.25, 0.3) is 0 Å². The van der Waals surface area contributed by atoms with Gasteiger partial charge in [-0.15, -0.1) is 0 Å². The molecule has 0 bridgehead atoms. The molecule has 0 aliphatic carbocycles. The predicted molar refractivity (Wildman–Crippen MR) is 105 cm³/mol. The van der Waals surface area contributed by atoms with E-state index in [0.29, 0.717) is 6.04 Å². The number of aromatic nitrogens is 2. The van der Waals surface area contributed by atoms with Gasteiger partial charge in [-0.3, -0.25) is 0 Å². The van der Waals surface area contributed by atoms with E-state index in [-0.39, 0.29) is 12.6 Å². The van der Waals surface area contributed by atoms with Crippen molar-refractivity contribution in [1.29, 1.82) is 0 Å². The Bertz CT molecular complexity index is 844. The number of hydrogen-bond acceptors (Lipinski definition) is 4. The number of nitrogens with zero attached hydrogens (tertiary/aromatic N) is 3. The smallest absolute Gasteiger partial charge is 0.140 e. The summed E-state index contributed by atoms with van der Waals surface area (Å²) in [4.78, 5) is 6.74. The third-order valence-electron chi connectivity index (χ3n) is 5.14. The fraction of sp³-hybridized carbons (Fsp3) is 0.286. The number of rotatable bonds is 5. The van der Waals surface area contributed by atoms with Gasteiger partial charge in [0.2, 0.25) is 0 Å². The van der Waals surface area contributed by atoms with E-state index >= 15 is 0 Å². The van der Waals surface area contributed by atoms with Crippen LogP contribution in [0.4, 0.5) is 11.4 Å². The largest absolute Gasteiger partial charge is 0.395 e. The van der Waals surface area contributed by atoms with Crippen molar-refractivity contribution in [2.45, 2.75) is 18.5 Å². The highest BCUT2D eigenvalue weighted by Crippen LogP contribution is 2.29. The van der Waals surface area contributed by atoms with Crippen molar-refractivity contribution in [1.82, 2.24) is 14.9 Å². The molecule has 0 saturated carbocycles. The molecular formula is C21H24N4O. The van der Waals surface area contributed by atoms with Crippen LogP contribution in [0.15, 0.2) is 67.0 Å². The van der Waals surface area contributed by atoms with Gasteiger partial charge in [0.1, 0.15) is 5.82 Å². The van der Waals surface area contributed by atoms with E-state index in [1.165, 1.54) is 0 Å². The van der Waals surface area contributed by atoms with Crippen LogP contribution >= 0.6 is 0 Å². The molecule has 1 aromatic heterocycles. The van der Waals surface area contributed by atoms with Gasteiger partial charge in [0.05, 0.1) is 6.61 Å². The van der Waals surface area contributed by atoms with Gasteiger partial charge >= 0.3 is 0 Å². The fourth-order valence-corrected chi connectivity index (χ4v) is 3.61. The second-order valence-electron chi connectivity index (χ2n) is 6.78. The van der Waals surface area contributed by atoms with Crippen molar-refractivity contribution in [3.8, 4) is 11.4 Å². The Kier molecular flexibility index (Phi) is 4.73. The number of hydrogen-bond donors (Lipinski definition) is 2. The topological polar surface area (TPSA) is 53.3 Å². The minimum atomic E-state index is 0.178. The zero-order valence-corrected chi connectivity index (χ0v) is 14.9. The maximum Gasteiger partial charge on any atom is 0.140 e. The molecule has 2 aromatic carbocycles. The second-order valence-corrected chi connectivity index (χ2v) is 6.78. The second kappa shape index (κ2) is 7.32. The highest BCUT2D eigenvalue weighted by Gasteiger charge is 2.26. The fourth-order valence-electron chi connectivity index (χ4n) is 3.61. The zero-order valence-electron chi connectivity index (χ0n) is 14.9. The molecule has 5 nitrogen and oxygen atoms in total. The standard InChI is InChI=1S/C21H24N4O/c1-24(18-5-3-2-4-6-18)19-9-7-16(8-10-19)21-22-11-12-25(21)20-13-17(15-26)23-14-20/h2-12,17,20,23,26H,13-15H2,1H3/t17-,20-/m0/s1. The third-order valence-corrected chi connectivity index (χ3v) is 5.14. The molecule has 1 fully saturated rings. The summed E-state index contributed by atoms with van der Waals surface area (Å²) in [5.41, 5.74) is 3.41. The summed E-state index contributed by atoms with van der Waals surface area (Å²) in [6, 6.07) is 19.3. The Labute approximate surface area is 153 Å². The molecule has 0 amide bonds. The normalized spacial score (nSPS) is 19.6. The van der Waals surface area contributed by atoms with Crippen LogP contribution in [0.5, 0.6) is 0 Å². The molecule has 5 heteroatoms. The summed E-state index contributed by atoms with van der Waals surface area (Å²) in [7, 11) is 2.07. The lowest BCUT2D eigenvalue weighted by atomic mass is 10.1. The number of anilines is 2. The summed E-state index contributed by atoms with van der Waals surface area (Å²) in [6.45, 7) is 1.05. The van der Waals surface area contributed by atoms with Crippen LogP contribution in [0.1, 0.15) is 12.5 Å². The lowest BCUT2D eigenvalue weighted by molar-refractivity contribution is 0.253. The van der Waals surface area contributed by atoms with E-state index in [9.17, 15) is 5.11 Å². The lowest BCUT2D eigenvalue weighted by Crippen LogP contribution is -2.24. The monoisotopic (exact) mass is 348 g/mol. The molecule has 0 unspecified atom stereocenters. The van der Waals surface area contributed by atoms with Crippen molar-refractivity contribution in [2.75, 3.05) is 25.1 Å². The Morgan fingerprint density at radius 1 is 1.12 bits per heavy atom. The summed E-state index contributed by atoms with van der Waals surface area (Å²) in [5.74, 6) is 0.976. The van der Waals surface area contributed by atoms with Gasteiger partial charge < -0.3 is 19.9 Å². The number of imidazole rings is 1. The SMILES string of the molecule is CN(c1ccccc1)c1ccc(-c2nccn2[C@@H]2CN[C@H](CO)C2)cc1. The maximum atomic E-state index is 9.35. The summed E-state index contributed by atoms with van der Waals surface area (Å²) in [6.07, 6.45) is 4.81. The van der Waals surface area contributed by atoms with Crippen molar-refractivity contribution >= 4 is 11.4 Å². The minimum absolute atomic E-state index is 0.178. The first kappa shape index (κ1) is 16.8. The first-order valence-corrected chi connectivity index (χ1v) is 9.02. The molecule has 2 heterocycles. The van der Waals surface area contributed by atoms with Crippen molar-refractivity contribution < 1.29 is 5.11 Å². The average molecular weight is 348 g/mol. The van der Waals surface area contributed by atoms with Crippen LogP contribution in [0.25, 0.3) is 11.4 Å². The lowest BCUT2D eigenvalue weighted by Gasteiger charge is -2.20. The first-order chi connectivity index (χ1) is 12.8. The quantitative estimate of drug-likeness (QED) is 0.743. The van der Waals surface area contributed by atoms with Crippen LogP contribution < -0.4 is 10.2 Å². The molecule has 26 heavy (non-hydrogen) atoms. The zero-order chi connectivity index (χ0) is 17.9. The maximum absolute atomic E-state index is 9.35. The van der Waals surface area contributed by atoms with Crippen LogP contribution in [-0.4, -0.2) is 40.9 Å². The molecule has 0 radical (unpaired) electrons. The number of aliphatic hydroxyl groups excluding tert-OH is 1.